The van der Waals surface area contributed by atoms with E-state index in [2.05, 4.69) is 27.2 Å². The van der Waals surface area contributed by atoms with E-state index in [1.807, 2.05) is 42.5 Å². The van der Waals surface area contributed by atoms with Crippen molar-refractivity contribution >= 4 is 57.6 Å². The van der Waals surface area contributed by atoms with Gasteiger partial charge in [0.05, 0.1) is 34.1 Å². The maximum atomic E-state index is 12.4. The zero-order chi connectivity index (χ0) is 22.5. The molecule has 0 saturated heterocycles. The zero-order valence-corrected chi connectivity index (χ0v) is 19.6. The molecule has 0 saturated carbocycles. The first-order valence-corrected chi connectivity index (χ1v) is 11.7. The number of amides is 1. The van der Waals surface area contributed by atoms with Crippen molar-refractivity contribution in [2.24, 2.45) is 5.10 Å². The summed E-state index contributed by atoms with van der Waals surface area (Å²) in [6, 6.07) is 23.3. The number of imidazole rings is 1. The lowest BCUT2D eigenvalue weighted by atomic mass is 10.1. The molecule has 4 rings (SSSR count). The van der Waals surface area contributed by atoms with Crippen molar-refractivity contribution in [2.45, 2.75) is 18.6 Å². The molecule has 5 nitrogen and oxygen atoms in total. The van der Waals surface area contributed by atoms with Gasteiger partial charge in [0.2, 0.25) is 0 Å². The summed E-state index contributed by atoms with van der Waals surface area (Å²) >= 11 is 13.5. The highest BCUT2D eigenvalue weighted by Gasteiger charge is 2.13. The lowest BCUT2D eigenvalue weighted by Gasteiger charge is -2.09. The van der Waals surface area contributed by atoms with Crippen LogP contribution in [0.15, 0.2) is 83.1 Å². The highest BCUT2D eigenvalue weighted by atomic mass is 35.5. The Bertz CT molecular complexity index is 1290. The van der Waals surface area contributed by atoms with Crippen molar-refractivity contribution in [3.63, 3.8) is 0 Å². The van der Waals surface area contributed by atoms with Crippen LogP contribution in [0.5, 0.6) is 0 Å². The zero-order valence-electron chi connectivity index (χ0n) is 17.3. The third-order valence-corrected chi connectivity index (χ3v) is 6.33. The molecule has 0 radical (unpaired) electrons. The Morgan fingerprint density at radius 1 is 1.06 bits per heavy atom. The largest absolute Gasteiger partial charge is 0.314 e. The molecular formula is C24H20Cl2N4OS. The Labute approximate surface area is 200 Å². The number of fused-ring (bicyclic) bond motifs is 1. The van der Waals surface area contributed by atoms with Crippen LogP contribution in [0.1, 0.15) is 18.1 Å². The fourth-order valence-electron chi connectivity index (χ4n) is 3.23. The van der Waals surface area contributed by atoms with Crippen molar-refractivity contribution in [1.82, 2.24) is 15.0 Å². The topological polar surface area (TPSA) is 59.3 Å². The van der Waals surface area contributed by atoms with E-state index in [0.717, 1.165) is 16.2 Å². The molecular weight excluding hydrogens is 463 g/mol. The molecule has 1 heterocycles. The number of nitrogens with zero attached hydrogens (tertiary/aromatic N) is 3. The van der Waals surface area contributed by atoms with Gasteiger partial charge in [-0.25, -0.2) is 10.4 Å². The first-order chi connectivity index (χ1) is 15.5. The van der Waals surface area contributed by atoms with Gasteiger partial charge in [0.1, 0.15) is 0 Å². The van der Waals surface area contributed by atoms with E-state index < -0.39 is 0 Å². The molecule has 0 spiro atoms. The van der Waals surface area contributed by atoms with Gasteiger partial charge in [-0.3, -0.25) is 4.79 Å². The number of thioether (sulfide) groups is 1. The second-order valence-corrected chi connectivity index (χ2v) is 8.89. The average molecular weight is 483 g/mol. The molecule has 0 aliphatic rings. The van der Waals surface area contributed by atoms with Crippen molar-refractivity contribution in [2.75, 3.05) is 5.75 Å². The molecule has 0 aliphatic heterocycles. The summed E-state index contributed by atoms with van der Waals surface area (Å²) in [5.74, 6) is -0.0405. The molecule has 4 aromatic rings. The van der Waals surface area contributed by atoms with Crippen LogP contribution in [0.25, 0.3) is 11.0 Å². The van der Waals surface area contributed by atoms with E-state index in [4.69, 9.17) is 28.2 Å². The van der Waals surface area contributed by atoms with Crippen LogP contribution in [0.3, 0.4) is 0 Å². The second kappa shape index (κ2) is 10.2. The predicted molar refractivity (Wildman–Crippen MR) is 133 cm³/mol. The molecule has 0 fully saturated rings. The van der Waals surface area contributed by atoms with Crippen molar-refractivity contribution < 1.29 is 4.79 Å². The van der Waals surface area contributed by atoms with Gasteiger partial charge in [-0.15, -0.1) is 0 Å². The van der Waals surface area contributed by atoms with E-state index in [-0.39, 0.29) is 11.7 Å². The third-order valence-electron chi connectivity index (χ3n) is 4.80. The van der Waals surface area contributed by atoms with Gasteiger partial charge in [-0.05, 0) is 36.8 Å². The summed E-state index contributed by atoms with van der Waals surface area (Å²) in [6.45, 7) is 2.46. The molecule has 0 unspecified atom stereocenters. The Kier molecular flexibility index (Phi) is 7.15. The minimum Gasteiger partial charge on any atom is -0.314 e. The van der Waals surface area contributed by atoms with Gasteiger partial charge >= 0.3 is 0 Å². The Morgan fingerprint density at radius 3 is 2.59 bits per heavy atom. The number of halogens is 2. The molecule has 1 N–H and O–H groups in total. The summed E-state index contributed by atoms with van der Waals surface area (Å²) in [4.78, 5) is 17.2. The number of hydrogen-bond donors (Lipinski definition) is 1. The maximum absolute atomic E-state index is 12.4. The number of hydrazone groups is 1. The molecule has 32 heavy (non-hydrogen) atoms. The Morgan fingerprint density at radius 2 is 1.81 bits per heavy atom. The van der Waals surface area contributed by atoms with Crippen LogP contribution in [0, 0.1) is 0 Å². The fraction of sp³-hybridized carbons (Fsp3) is 0.125. The van der Waals surface area contributed by atoms with E-state index in [0.29, 0.717) is 27.9 Å². The van der Waals surface area contributed by atoms with Crippen LogP contribution in [-0.4, -0.2) is 26.9 Å². The van der Waals surface area contributed by atoms with Crippen molar-refractivity contribution in [3.05, 3.63) is 94.0 Å². The summed E-state index contributed by atoms with van der Waals surface area (Å²) in [7, 11) is 0. The summed E-state index contributed by atoms with van der Waals surface area (Å²) in [5.41, 5.74) is 7.01. The van der Waals surface area contributed by atoms with Crippen molar-refractivity contribution in [3.8, 4) is 0 Å². The van der Waals surface area contributed by atoms with Gasteiger partial charge in [0, 0.05) is 10.6 Å². The minimum absolute atomic E-state index is 0.184. The van der Waals surface area contributed by atoms with Gasteiger partial charge in [-0.2, -0.15) is 5.10 Å². The monoisotopic (exact) mass is 482 g/mol. The first-order valence-electron chi connectivity index (χ1n) is 9.92. The van der Waals surface area contributed by atoms with Crippen LogP contribution >= 0.6 is 35.0 Å². The predicted octanol–water partition coefficient (Wildman–Crippen LogP) is 6.02. The number of rotatable bonds is 7. The van der Waals surface area contributed by atoms with Crippen LogP contribution in [0.2, 0.25) is 10.0 Å². The van der Waals surface area contributed by atoms with Crippen LogP contribution in [0.4, 0.5) is 0 Å². The lowest BCUT2D eigenvalue weighted by Crippen LogP contribution is -2.21. The Balaban J connectivity index is 1.46. The number of nitrogens with one attached hydrogen (secondary N) is 1. The second-order valence-electron chi connectivity index (χ2n) is 7.10. The van der Waals surface area contributed by atoms with Gasteiger partial charge < -0.3 is 4.57 Å². The molecule has 3 aromatic carbocycles. The quantitative estimate of drug-likeness (QED) is 0.199. The lowest BCUT2D eigenvalue weighted by molar-refractivity contribution is -0.118. The van der Waals surface area contributed by atoms with Gasteiger partial charge in [-0.1, -0.05) is 83.5 Å². The van der Waals surface area contributed by atoms with Gasteiger partial charge in [0.15, 0.2) is 5.16 Å². The van der Waals surface area contributed by atoms with Crippen LogP contribution < -0.4 is 5.43 Å². The first kappa shape index (κ1) is 22.4. The summed E-state index contributed by atoms with van der Waals surface area (Å²) in [6.07, 6.45) is 0. The fourth-order valence-corrected chi connectivity index (χ4v) is 4.59. The number of carbonyl (C=O) groups excluding carboxylic acids is 1. The van der Waals surface area contributed by atoms with E-state index >= 15 is 0 Å². The maximum Gasteiger partial charge on any atom is 0.250 e. The molecule has 0 bridgehead atoms. The molecule has 162 valence electrons. The third kappa shape index (κ3) is 5.33. The summed E-state index contributed by atoms with van der Waals surface area (Å²) in [5, 5.41) is 5.99. The Hall–Kier alpha value is -2.80. The van der Waals surface area contributed by atoms with Crippen molar-refractivity contribution in [1.29, 1.82) is 0 Å². The summed E-state index contributed by atoms with van der Waals surface area (Å²) < 4.78 is 2.13. The van der Waals surface area contributed by atoms with Gasteiger partial charge in [0.25, 0.3) is 5.91 Å². The van der Waals surface area contributed by atoms with E-state index in [1.54, 1.807) is 25.1 Å². The smallest absolute Gasteiger partial charge is 0.250 e. The molecule has 8 heteroatoms. The number of benzene rings is 3. The number of aromatic nitrogens is 2. The van der Waals surface area contributed by atoms with Crippen LogP contribution in [-0.2, 0) is 11.3 Å². The molecule has 0 atom stereocenters. The number of hydrogen-bond acceptors (Lipinski definition) is 4. The SMILES string of the molecule is CC(=NNC(=O)CSc1nc2ccccc2n1Cc1ccccc1)c1ccc(Cl)cc1Cl. The standard InChI is InChI=1S/C24H20Cl2N4OS/c1-16(19-12-11-18(25)13-20(19)26)28-29-23(31)15-32-24-27-21-9-5-6-10-22(21)30(24)14-17-7-3-2-4-8-17/h2-13H,14-15H2,1H3,(H,29,31). The van der Waals surface area contributed by atoms with E-state index in [1.165, 1.54) is 17.3 Å². The molecule has 1 aromatic heterocycles. The normalized spacial score (nSPS) is 11.7. The highest BCUT2D eigenvalue weighted by molar-refractivity contribution is 7.99. The molecule has 1 amide bonds. The number of carbonyl (C=O) groups is 1. The molecule has 0 aliphatic carbocycles. The highest BCUT2D eigenvalue weighted by Crippen LogP contribution is 2.25. The van der Waals surface area contributed by atoms with E-state index in [9.17, 15) is 4.79 Å². The average Bonchev–Trinajstić information content (AvgIpc) is 3.14. The minimum atomic E-state index is -0.224. The number of para-hydroxylation sites is 2.